The summed E-state index contributed by atoms with van der Waals surface area (Å²) in [6, 6.07) is 3.44. The summed E-state index contributed by atoms with van der Waals surface area (Å²) in [7, 11) is 0. The van der Waals surface area contributed by atoms with Crippen molar-refractivity contribution in [1.82, 2.24) is 5.32 Å². The van der Waals surface area contributed by atoms with Gasteiger partial charge in [0.2, 0.25) is 5.91 Å². The Hall–Kier alpha value is -1.46. The molecule has 1 unspecified atom stereocenters. The summed E-state index contributed by atoms with van der Waals surface area (Å²) in [5.41, 5.74) is 0.582. The largest absolute Gasteiger partial charge is 0.486 e. The Morgan fingerprint density at radius 3 is 2.65 bits per heavy atom. The summed E-state index contributed by atoms with van der Waals surface area (Å²) in [6.07, 6.45) is 2.79. The highest BCUT2D eigenvalue weighted by molar-refractivity contribution is 6.34. The van der Waals surface area contributed by atoms with Crippen LogP contribution >= 0.6 is 11.6 Å². The fraction of sp³-hybridized carbons (Fsp3) is 0.588. The Kier molecular flexibility index (Phi) is 5.28. The van der Waals surface area contributed by atoms with E-state index in [4.69, 9.17) is 21.1 Å². The first-order valence-electron chi connectivity index (χ1n) is 8.23. The number of anilines is 1. The zero-order chi connectivity index (χ0) is 16.2. The lowest BCUT2D eigenvalue weighted by molar-refractivity contribution is -0.117. The van der Waals surface area contributed by atoms with Crippen LogP contribution in [0.1, 0.15) is 26.2 Å². The minimum atomic E-state index is -0.00499. The van der Waals surface area contributed by atoms with E-state index in [1.807, 2.05) is 0 Å². The van der Waals surface area contributed by atoms with E-state index in [1.165, 1.54) is 0 Å². The average Bonchev–Trinajstić information content (AvgIpc) is 2.56. The molecule has 5 nitrogen and oxygen atoms in total. The predicted octanol–water partition coefficient (Wildman–Crippen LogP) is 3.08. The lowest BCUT2D eigenvalue weighted by Crippen LogP contribution is -2.32. The molecule has 126 valence electrons. The molecule has 2 aliphatic heterocycles. The van der Waals surface area contributed by atoms with Crippen molar-refractivity contribution >= 4 is 23.2 Å². The highest BCUT2D eigenvalue weighted by Gasteiger charge is 2.23. The normalized spacial score (nSPS) is 19.2. The Bertz CT molecular complexity index is 573. The van der Waals surface area contributed by atoms with Crippen molar-refractivity contribution in [3.63, 3.8) is 0 Å². The maximum Gasteiger partial charge on any atom is 0.224 e. The van der Waals surface area contributed by atoms with Crippen LogP contribution in [0.5, 0.6) is 11.5 Å². The van der Waals surface area contributed by atoms with Crippen LogP contribution in [-0.4, -0.2) is 32.2 Å². The van der Waals surface area contributed by atoms with Crippen LogP contribution in [0, 0.1) is 11.8 Å². The van der Waals surface area contributed by atoms with Gasteiger partial charge in [0.1, 0.15) is 13.2 Å². The van der Waals surface area contributed by atoms with Gasteiger partial charge in [0, 0.05) is 18.6 Å². The summed E-state index contributed by atoms with van der Waals surface area (Å²) in [6.45, 7) is 5.27. The molecular weight excluding hydrogens is 316 g/mol. The number of ether oxygens (including phenoxy) is 2. The van der Waals surface area contributed by atoms with Gasteiger partial charge in [-0.3, -0.25) is 4.79 Å². The molecule has 1 aromatic rings. The van der Waals surface area contributed by atoms with Gasteiger partial charge in [-0.05, 0) is 37.8 Å². The molecule has 2 N–H and O–H groups in total. The molecule has 0 bridgehead atoms. The van der Waals surface area contributed by atoms with Crippen LogP contribution in [0.2, 0.25) is 5.02 Å². The molecule has 0 aliphatic carbocycles. The van der Waals surface area contributed by atoms with Crippen LogP contribution in [0.4, 0.5) is 5.69 Å². The van der Waals surface area contributed by atoms with E-state index < -0.39 is 0 Å². The maximum atomic E-state index is 12.3. The number of hydrogen-bond donors (Lipinski definition) is 2. The third kappa shape index (κ3) is 4.09. The van der Waals surface area contributed by atoms with Crippen LogP contribution in [0.25, 0.3) is 0 Å². The van der Waals surface area contributed by atoms with Crippen molar-refractivity contribution < 1.29 is 14.3 Å². The number of halogens is 1. The molecule has 1 amide bonds. The van der Waals surface area contributed by atoms with Crippen molar-refractivity contribution in [2.24, 2.45) is 11.8 Å². The minimum absolute atomic E-state index is 0.00499. The monoisotopic (exact) mass is 338 g/mol. The lowest BCUT2D eigenvalue weighted by Gasteiger charge is -2.28. The lowest BCUT2D eigenvalue weighted by atomic mass is 9.84. The fourth-order valence-electron chi connectivity index (χ4n) is 3.23. The van der Waals surface area contributed by atoms with Crippen molar-refractivity contribution in [2.45, 2.75) is 26.2 Å². The Balaban J connectivity index is 1.61. The van der Waals surface area contributed by atoms with Crippen molar-refractivity contribution in [1.29, 1.82) is 0 Å². The van der Waals surface area contributed by atoms with E-state index in [2.05, 4.69) is 17.6 Å². The number of nitrogens with one attached hydrogen (secondary N) is 2. The highest BCUT2D eigenvalue weighted by atomic mass is 35.5. The van der Waals surface area contributed by atoms with E-state index in [0.29, 0.717) is 53.7 Å². The summed E-state index contributed by atoms with van der Waals surface area (Å²) < 4.78 is 11.0. The summed E-state index contributed by atoms with van der Waals surface area (Å²) in [5.74, 6) is 2.23. The highest BCUT2D eigenvalue weighted by Crippen LogP contribution is 2.38. The fourth-order valence-corrected chi connectivity index (χ4v) is 3.43. The number of carbonyl (C=O) groups excluding carboxylic acids is 1. The van der Waals surface area contributed by atoms with E-state index in [-0.39, 0.29) is 5.91 Å². The second kappa shape index (κ2) is 7.41. The van der Waals surface area contributed by atoms with Gasteiger partial charge in [-0.25, -0.2) is 0 Å². The molecule has 3 rings (SSSR count). The molecule has 0 saturated carbocycles. The average molecular weight is 339 g/mol. The Morgan fingerprint density at radius 1 is 1.30 bits per heavy atom. The molecule has 23 heavy (non-hydrogen) atoms. The molecule has 0 aromatic heterocycles. The van der Waals surface area contributed by atoms with Crippen LogP contribution in [-0.2, 0) is 4.79 Å². The first-order valence-corrected chi connectivity index (χ1v) is 8.61. The summed E-state index contributed by atoms with van der Waals surface area (Å²) in [4.78, 5) is 12.3. The van der Waals surface area contributed by atoms with Gasteiger partial charge in [-0.15, -0.1) is 0 Å². The standard InChI is InChI=1S/C17H23ClN2O3/c1-11(12-2-4-19-5-3-12)8-17(21)20-14-10-16-15(9-13(14)18)22-6-7-23-16/h9-12,19H,2-8H2,1H3,(H,20,21). The second-order valence-corrected chi connectivity index (χ2v) is 6.70. The van der Waals surface area contributed by atoms with Gasteiger partial charge in [-0.2, -0.15) is 0 Å². The van der Waals surface area contributed by atoms with Crippen LogP contribution in [0.15, 0.2) is 12.1 Å². The van der Waals surface area contributed by atoms with E-state index >= 15 is 0 Å². The summed E-state index contributed by atoms with van der Waals surface area (Å²) in [5, 5.41) is 6.73. The SMILES string of the molecule is CC(CC(=O)Nc1cc2c(cc1Cl)OCCO2)C1CCNCC1. The molecule has 1 fully saturated rings. The predicted molar refractivity (Wildman–Crippen MR) is 90.4 cm³/mol. The molecule has 1 saturated heterocycles. The quantitative estimate of drug-likeness (QED) is 0.885. The van der Waals surface area contributed by atoms with Gasteiger partial charge < -0.3 is 20.1 Å². The Morgan fingerprint density at radius 2 is 1.96 bits per heavy atom. The van der Waals surface area contributed by atoms with Crippen LogP contribution in [0.3, 0.4) is 0 Å². The van der Waals surface area contributed by atoms with E-state index in [1.54, 1.807) is 12.1 Å². The number of carbonyl (C=O) groups is 1. The third-order valence-electron chi connectivity index (χ3n) is 4.60. The number of fused-ring (bicyclic) bond motifs is 1. The zero-order valence-corrected chi connectivity index (χ0v) is 14.1. The number of hydrogen-bond acceptors (Lipinski definition) is 4. The van der Waals surface area contributed by atoms with Gasteiger partial charge in [0.25, 0.3) is 0 Å². The van der Waals surface area contributed by atoms with Gasteiger partial charge in [0.05, 0.1) is 10.7 Å². The van der Waals surface area contributed by atoms with Crippen LogP contribution < -0.4 is 20.1 Å². The molecular formula is C17H23ClN2O3. The molecule has 2 aliphatic rings. The van der Waals surface area contributed by atoms with Gasteiger partial charge in [-0.1, -0.05) is 18.5 Å². The second-order valence-electron chi connectivity index (χ2n) is 6.29. The number of piperidine rings is 1. The number of rotatable bonds is 4. The van der Waals surface area contributed by atoms with Gasteiger partial charge >= 0.3 is 0 Å². The van der Waals surface area contributed by atoms with Crippen molar-refractivity contribution in [3.05, 3.63) is 17.2 Å². The van der Waals surface area contributed by atoms with E-state index in [0.717, 1.165) is 25.9 Å². The van der Waals surface area contributed by atoms with E-state index in [9.17, 15) is 4.79 Å². The van der Waals surface area contributed by atoms with Crippen molar-refractivity contribution in [3.8, 4) is 11.5 Å². The molecule has 2 heterocycles. The first-order chi connectivity index (χ1) is 11.1. The smallest absolute Gasteiger partial charge is 0.224 e. The molecule has 0 spiro atoms. The molecule has 6 heteroatoms. The Labute approximate surface area is 141 Å². The minimum Gasteiger partial charge on any atom is -0.486 e. The number of amides is 1. The third-order valence-corrected chi connectivity index (χ3v) is 4.91. The van der Waals surface area contributed by atoms with Crippen molar-refractivity contribution in [2.75, 3.05) is 31.6 Å². The first kappa shape index (κ1) is 16.4. The number of benzene rings is 1. The topological polar surface area (TPSA) is 59.6 Å². The zero-order valence-electron chi connectivity index (χ0n) is 13.4. The molecule has 1 aromatic carbocycles. The maximum absolute atomic E-state index is 12.3. The molecule has 1 atom stereocenters. The summed E-state index contributed by atoms with van der Waals surface area (Å²) >= 11 is 6.23. The van der Waals surface area contributed by atoms with Gasteiger partial charge in [0.15, 0.2) is 11.5 Å². The molecule has 0 radical (unpaired) electrons.